The highest BCUT2D eigenvalue weighted by atomic mass is 32.2. The molecule has 0 aromatic heterocycles. The van der Waals surface area contributed by atoms with Crippen molar-refractivity contribution in [2.24, 2.45) is 5.41 Å². The molecular weight excluding hydrogens is 272 g/mol. The molecule has 1 N–H and O–H groups in total. The van der Waals surface area contributed by atoms with Crippen molar-refractivity contribution in [3.05, 3.63) is 0 Å². The first kappa shape index (κ1) is 14.8. The van der Waals surface area contributed by atoms with Gasteiger partial charge in [0.15, 0.2) is 0 Å². The largest absolute Gasteiger partial charge is 0.313 e. The van der Waals surface area contributed by atoms with Crippen LogP contribution in [0.5, 0.6) is 0 Å². The van der Waals surface area contributed by atoms with Crippen LogP contribution in [0.15, 0.2) is 0 Å². The number of nitrogens with zero attached hydrogens (tertiary/aromatic N) is 1. The van der Waals surface area contributed by atoms with Gasteiger partial charge in [0, 0.05) is 19.1 Å². The first-order valence-electron chi connectivity index (χ1n) is 8.31. The summed E-state index contributed by atoms with van der Waals surface area (Å²) in [6.07, 6.45) is 10.9. The standard InChI is InChI=1S/C15H28N2O2S/c18-20(19,13-14-5-1-4-10-16-14)17-11-8-15(9-12-17)6-2-3-7-15/h14,16H,1-13H2. The fourth-order valence-electron chi connectivity index (χ4n) is 4.29. The lowest BCUT2D eigenvalue weighted by Gasteiger charge is -2.39. The molecule has 0 radical (unpaired) electrons. The zero-order valence-corrected chi connectivity index (χ0v) is 13.3. The molecule has 2 saturated heterocycles. The molecule has 2 heterocycles. The Hall–Kier alpha value is -0.130. The van der Waals surface area contributed by atoms with Crippen LogP contribution in [0.4, 0.5) is 0 Å². The summed E-state index contributed by atoms with van der Waals surface area (Å²) in [4.78, 5) is 0. The van der Waals surface area contributed by atoms with Gasteiger partial charge in [-0.15, -0.1) is 0 Å². The Morgan fingerprint density at radius 1 is 1.00 bits per heavy atom. The molecule has 3 fully saturated rings. The van der Waals surface area contributed by atoms with Gasteiger partial charge >= 0.3 is 0 Å². The Morgan fingerprint density at radius 2 is 1.70 bits per heavy atom. The molecule has 3 aliphatic rings. The number of hydrogen-bond acceptors (Lipinski definition) is 3. The summed E-state index contributed by atoms with van der Waals surface area (Å²) in [5.74, 6) is 0.306. The fourth-order valence-corrected chi connectivity index (χ4v) is 6.03. The van der Waals surface area contributed by atoms with Gasteiger partial charge in [-0.1, -0.05) is 19.3 Å². The van der Waals surface area contributed by atoms with Gasteiger partial charge in [0.2, 0.25) is 10.0 Å². The summed E-state index contributed by atoms with van der Waals surface area (Å²) in [7, 11) is -3.06. The van der Waals surface area contributed by atoms with Gasteiger partial charge in [0.25, 0.3) is 0 Å². The van der Waals surface area contributed by atoms with Gasteiger partial charge < -0.3 is 5.32 Å². The average molecular weight is 300 g/mol. The van der Waals surface area contributed by atoms with Crippen molar-refractivity contribution < 1.29 is 8.42 Å². The van der Waals surface area contributed by atoms with E-state index in [0.717, 1.165) is 45.3 Å². The average Bonchev–Trinajstić information content (AvgIpc) is 2.88. The van der Waals surface area contributed by atoms with Crippen LogP contribution in [0.25, 0.3) is 0 Å². The van der Waals surface area contributed by atoms with Crippen LogP contribution >= 0.6 is 0 Å². The Labute approximate surface area is 123 Å². The van der Waals surface area contributed by atoms with Gasteiger partial charge in [-0.3, -0.25) is 0 Å². The third-order valence-corrected chi connectivity index (χ3v) is 7.64. The van der Waals surface area contributed by atoms with Crippen molar-refractivity contribution in [3.8, 4) is 0 Å². The summed E-state index contributed by atoms with van der Waals surface area (Å²) in [6, 6.07) is 0.177. The molecule has 4 nitrogen and oxygen atoms in total. The second-order valence-electron chi connectivity index (χ2n) is 7.03. The molecule has 0 amide bonds. The highest BCUT2D eigenvalue weighted by Crippen LogP contribution is 2.46. The lowest BCUT2D eigenvalue weighted by atomic mass is 9.78. The first-order chi connectivity index (χ1) is 9.60. The van der Waals surface area contributed by atoms with E-state index in [2.05, 4.69) is 5.32 Å². The van der Waals surface area contributed by atoms with Crippen LogP contribution in [0.2, 0.25) is 0 Å². The second kappa shape index (κ2) is 5.93. The van der Waals surface area contributed by atoms with Crippen molar-refractivity contribution >= 4 is 10.0 Å². The van der Waals surface area contributed by atoms with Crippen molar-refractivity contribution in [2.75, 3.05) is 25.4 Å². The predicted molar refractivity (Wildman–Crippen MR) is 81.1 cm³/mol. The molecule has 1 spiro atoms. The zero-order chi connectivity index (χ0) is 14.1. The number of hydrogen-bond donors (Lipinski definition) is 1. The van der Waals surface area contributed by atoms with Crippen LogP contribution < -0.4 is 5.32 Å². The summed E-state index contributed by atoms with van der Waals surface area (Å²) < 4.78 is 26.9. The van der Waals surface area contributed by atoms with Crippen molar-refractivity contribution in [1.82, 2.24) is 9.62 Å². The first-order valence-corrected chi connectivity index (χ1v) is 9.92. The number of nitrogens with one attached hydrogen (secondary N) is 1. The molecule has 0 aromatic rings. The van der Waals surface area contributed by atoms with E-state index in [-0.39, 0.29) is 6.04 Å². The van der Waals surface area contributed by atoms with E-state index in [1.165, 1.54) is 32.1 Å². The molecule has 3 rings (SSSR count). The van der Waals surface area contributed by atoms with E-state index < -0.39 is 10.0 Å². The number of rotatable bonds is 3. The van der Waals surface area contributed by atoms with Crippen LogP contribution in [0, 0.1) is 5.41 Å². The van der Waals surface area contributed by atoms with Crippen LogP contribution in [0.3, 0.4) is 0 Å². The lowest BCUT2D eigenvalue weighted by molar-refractivity contribution is 0.160. The number of sulfonamides is 1. The molecule has 1 aliphatic carbocycles. The Balaban J connectivity index is 1.55. The molecule has 2 aliphatic heterocycles. The van der Waals surface area contributed by atoms with E-state index in [0.29, 0.717) is 11.2 Å². The van der Waals surface area contributed by atoms with E-state index in [1.807, 2.05) is 0 Å². The summed E-state index contributed by atoms with van der Waals surface area (Å²) in [6.45, 7) is 2.49. The molecule has 1 unspecified atom stereocenters. The normalized spacial score (nSPS) is 31.7. The summed E-state index contributed by atoms with van der Waals surface area (Å²) in [5, 5.41) is 3.36. The number of piperidine rings is 2. The molecule has 5 heteroatoms. The van der Waals surface area contributed by atoms with Crippen molar-refractivity contribution in [3.63, 3.8) is 0 Å². The van der Waals surface area contributed by atoms with E-state index >= 15 is 0 Å². The van der Waals surface area contributed by atoms with Gasteiger partial charge in [-0.25, -0.2) is 12.7 Å². The molecule has 1 atom stereocenters. The molecule has 116 valence electrons. The summed E-state index contributed by atoms with van der Waals surface area (Å²) in [5.41, 5.74) is 0.495. The molecule has 1 saturated carbocycles. The van der Waals surface area contributed by atoms with Crippen molar-refractivity contribution in [2.45, 2.75) is 63.8 Å². The molecule has 0 bridgehead atoms. The predicted octanol–water partition coefficient (Wildman–Crippen LogP) is 2.11. The fraction of sp³-hybridized carbons (Fsp3) is 1.00. The third-order valence-electron chi connectivity index (χ3n) is 5.66. The topological polar surface area (TPSA) is 49.4 Å². The van der Waals surface area contributed by atoms with Gasteiger partial charge in [0.05, 0.1) is 5.75 Å². The smallest absolute Gasteiger partial charge is 0.215 e. The highest BCUT2D eigenvalue weighted by molar-refractivity contribution is 7.89. The second-order valence-corrected chi connectivity index (χ2v) is 9.05. The Bertz CT molecular complexity index is 413. The van der Waals surface area contributed by atoms with Crippen LogP contribution in [-0.2, 0) is 10.0 Å². The summed E-state index contributed by atoms with van der Waals surface area (Å²) >= 11 is 0. The SMILES string of the molecule is O=S(=O)(CC1CCCCN1)N1CCC2(CCCC2)CC1. The minimum atomic E-state index is -3.06. The minimum absolute atomic E-state index is 0.177. The van der Waals surface area contributed by atoms with E-state index in [1.54, 1.807) is 4.31 Å². The van der Waals surface area contributed by atoms with Crippen LogP contribution in [0.1, 0.15) is 57.8 Å². The van der Waals surface area contributed by atoms with Gasteiger partial charge in [-0.05, 0) is 50.5 Å². The van der Waals surface area contributed by atoms with Crippen molar-refractivity contribution in [1.29, 1.82) is 0 Å². The highest BCUT2D eigenvalue weighted by Gasteiger charge is 2.40. The van der Waals surface area contributed by atoms with Gasteiger partial charge in [0.1, 0.15) is 0 Å². The van der Waals surface area contributed by atoms with Gasteiger partial charge in [-0.2, -0.15) is 0 Å². The monoisotopic (exact) mass is 300 g/mol. The van der Waals surface area contributed by atoms with E-state index in [9.17, 15) is 8.42 Å². The lowest BCUT2D eigenvalue weighted by Crippen LogP contribution is -2.47. The molecule has 20 heavy (non-hydrogen) atoms. The van der Waals surface area contributed by atoms with E-state index in [4.69, 9.17) is 0 Å². The molecule has 0 aromatic carbocycles. The molecular formula is C15H28N2O2S. The maximum Gasteiger partial charge on any atom is 0.215 e. The maximum atomic E-state index is 12.5. The Kier molecular flexibility index (Phi) is 4.39. The third kappa shape index (κ3) is 3.20. The quantitative estimate of drug-likeness (QED) is 0.868. The van der Waals surface area contributed by atoms with Crippen LogP contribution in [-0.4, -0.2) is 44.2 Å². The zero-order valence-electron chi connectivity index (χ0n) is 12.4. The minimum Gasteiger partial charge on any atom is -0.313 e. The Morgan fingerprint density at radius 3 is 2.30 bits per heavy atom. The maximum absolute atomic E-state index is 12.5.